The van der Waals surface area contributed by atoms with Gasteiger partial charge in [0.2, 0.25) is 10.0 Å². The van der Waals surface area contributed by atoms with Gasteiger partial charge in [-0.3, -0.25) is 0 Å². The molecule has 1 aliphatic rings. The van der Waals surface area contributed by atoms with Crippen LogP contribution in [-0.4, -0.2) is 19.3 Å². The Balaban J connectivity index is 2.17. The van der Waals surface area contributed by atoms with Gasteiger partial charge in [0.15, 0.2) is 0 Å². The van der Waals surface area contributed by atoms with Crippen LogP contribution in [0, 0.1) is 0 Å². The van der Waals surface area contributed by atoms with Gasteiger partial charge in [0.1, 0.15) is 0 Å². The van der Waals surface area contributed by atoms with Gasteiger partial charge in [-0.15, -0.1) is 11.8 Å². The van der Waals surface area contributed by atoms with Crippen LogP contribution in [0.5, 0.6) is 0 Å². The molecule has 20 heavy (non-hydrogen) atoms. The van der Waals surface area contributed by atoms with Gasteiger partial charge in [-0.1, -0.05) is 12.2 Å². The average molecular weight is 327 g/mol. The van der Waals surface area contributed by atoms with E-state index in [0.29, 0.717) is 13.1 Å². The molecule has 0 unspecified atom stereocenters. The Hall–Kier alpha value is -0.820. The van der Waals surface area contributed by atoms with Gasteiger partial charge in [-0.25, -0.2) is 8.42 Å². The normalized spacial score (nSPS) is 16.0. The Kier molecular flexibility index (Phi) is 5.65. The van der Waals surface area contributed by atoms with E-state index in [1.807, 2.05) is 27.6 Å². The van der Waals surface area contributed by atoms with Crippen molar-refractivity contribution in [2.75, 3.05) is 6.54 Å². The van der Waals surface area contributed by atoms with Crippen LogP contribution in [0.4, 0.5) is 0 Å². The molecule has 2 rings (SSSR count). The van der Waals surface area contributed by atoms with E-state index in [1.165, 1.54) is 9.71 Å². The van der Waals surface area contributed by atoms with Crippen molar-refractivity contribution in [1.82, 2.24) is 4.31 Å². The Bertz CT molecular complexity index is 613. The maximum atomic E-state index is 12.3. The zero-order chi connectivity index (χ0) is 14.4. The van der Waals surface area contributed by atoms with E-state index in [2.05, 4.69) is 6.08 Å². The maximum Gasteiger partial charge on any atom is 0.236 e. The fourth-order valence-electron chi connectivity index (χ4n) is 1.85. The summed E-state index contributed by atoms with van der Waals surface area (Å²) in [5, 5.41) is 9.28. The first-order valence-corrected chi connectivity index (χ1v) is 9.63. The molecule has 1 aromatic heterocycles. The molecule has 0 N–H and O–H groups in total. The SMILES string of the molecule is C/C=C/S(=O)(=O)N(CC1=CSC=CC1)Cc1ccsc1. The number of hydrogen-bond acceptors (Lipinski definition) is 4. The van der Waals surface area contributed by atoms with Crippen molar-refractivity contribution in [1.29, 1.82) is 0 Å². The van der Waals surface area contributed by atoms with Crippen LogP contribution >= 0.6 is 23.1 Å². The lowest BCUT2D eigenvalue weighted by atomic mass is 10.2. The predicted octanol–water partition coefficient (Wildman–Crippen LogP) is 3.95. The molecule has 0 atom stereocenters. The second-order valence-electron chi connectivity index (χ2n) is 4.40. The van der Waals surface area contributed by atoms with Crippen molar-refractivity contribution in [2.45, 2.75) is 19.9 Å². The number of allylic oxidation sites excluding steroid dienone is 2. The van der Waals surface area contributed by atoms with Crippen molar-refractivity contribution >= 4 is 33.1 Å². The number of thiophene rings is 1. The third-order valence-electron chi connectivity index (χ3n) is 2.78. The molecule has 3 nitrogen and oxygen atoms in total. The highest BCUT2D eigenvalue weighted by Gasteiger charge is 2.21. The van der Waals surface area contributed by atoms with Crippen molar-refractivity contribution in [2.24, 2.45) is 0 Å². The molecular weight excluding hydrogens is 310 g/mol. The molecule has 0 saturated heterocycles. The summed E-state index contributed by atoms with van der Waals surface area (Å²) in [7, 11) is -3.36. The molecule has 1 aromatic rings. The predicted molar refractivity (Wildman–Crippen MR) is 87.9 cm³/mol. The zero-order valence-electron chi connectivity index (χ0n) is 11.2. The Morgan fingerprint density at radius 2 is 2.25 bits per heavy atom. The quantitative estimate of drug-likeness (QED) is 0.794. The minimum absolute atomic E-state index is 0.419. The summed E-state index contributed by atoms with van der Waals surface area (Å²) < 4.78 is 26.2. The van der Waals surface area contributed by atoms with Gasteiger partial charge in [0.05, 0.1) is 0 Å². The Morgan fingerprint density at radius 3 is 2.85 bits per heavy atom. The lowest BCUT2D eigenvalue weighted by Crippen LogP contribution is -2.30. The maximum absolute atomic E-state index is 12.3. The lowest BCUT2D eigenvalue weighted by Gasteiger charge is -2.22. The topological polar surface area (TPSA) is 37.4 Å². The molecule has 0 aliphatic carbocycles. The van der Waals surface area contributed by atoms with E-state index in [-0.39, 0.29) is 0 Å². The van der Waals surface area contributed by atoms with E-state index >= 15 is 0 Å². The van der Waals surface area contributed by atoms with Gasteiger partial charge in [0, 0.05) is 18.5 Å². The highest BCUT2D eigenvalue weighted by atomic mass is 32.2. The van der Waals surface area contributed by atoms with Gasteiger partial charge in [-0.05, 0) is 52.1 Å². The van der Waals surface area contributed by atoms with Crippen LogP contribution in [0.15, 0.2) is 50.8 Å². The second-order valence-corrected chi connectivity index (χ2v) is 7.78. The molecule has 6 heteroatoms. The molecule has 0 amide bonds. The van der Waals surface area contributed by atoms with Gasteiger partial charge in [0.25, 0.3) is 0 Å². The molecule has 0 radical (unpaired) electrons. The monoisotopic (exact) mass is 327 g/mol. The van der Waals surface area contributed by atoms with Gasteiger partial charge in [-0.2, -0.15) is 15.6 Å². The number of hydrogen-bond donors (Lipinski definition) is 0. The van der Waals surface area contributed by atoms with Crippen LogP contribution < -0.4 is 0 Å². The van der Waals surface area contributed by atoms with Crippen LogP contribution in [0.25, 0.3) is 0 Å². The molecular formula is C14H17NO2S3. The summed E-state index contributed by atoms with van der Waals surface area (Å²) in [5.74, 6) is 0. The average Bonchev–Trinajstić information content (AvgIpc) is 2.92. The number of thioether (sulfide) groups is 1. The fraction of sp³-hybridized carbons (Fsp3) is 0.286. The third kappa shape index (κ3) is 4.34. The van der Waals surface area contributed by atoms with Crippen molar-refractivity contribution in [3.63, 3.8) is 0 Å². The van der Waals surface area contributed by atoms with Crippen molar-refractivity contribution in [3.8, 4) is 0 Å². The fourth-order valence-corrected chi connectivity index (χ4v) is 4.35. The van der Waals surface area contributed by atoms with Gasteiger partial charge < -0.3 is 0 Å². The molecule has 108 valence electrons. The summed E-state index contributed by atoms with van der Waals surface area (Å²) in [6.07, 6.45) is 4.45. The van der Waals surface area contributed by atoms with E-state index in [4.69, 9.17) is 0 Å². The van der Waals surface area contributed by atoms with E-state index < -0.39 is 10.0 Å². The molecule has 0 aromatic carbocycles. The minimum Gasteiger partial charge on any atom is -0.207 e. The highest BCUT2D eigenvalue weighted by Crippen LogP contribution is 2.22. The van der Waals surface area contributed by atoms with Crippen LogP contribution in [0.3, 0.4) is 0 Å². The van der Waals surface area contributed by atoms with Gasteiger partial charge >= 0.3 is 0 Å². The first kappa shape index (κ1) is 15.6. The summed E-state index contributed by atoms with van der Waals surface area (Å²) >= 11 is 3.18. The van der Waals surface area contributed by atoms with E-state index in [9.17, 15) is 8.42 Å². The summed E-state index contributed by atoms with van der Waals surface area (Å²) in [6.45, 7) is 2.58. The summed E-state index contributed by atoms with van der Waals surface area (Å²) in [4.78, 5) is 0. The first-order chi connectivity index (χ1) is 9.62. The zero-order valence-corrected chi connectivity index (χ0v) is 13.7. The smallest absolute Gasteiger partial charge is 0.207 e. The summed E-state index contributed by atoms with van der Waals surface area (Å²) in [6, 6.07) is 1.97. The molecule has 0 saturated carbocycles. The van der Waals surface area contributed by atoms with Crippen LogP contribution in [0.2, 0.25) is 0 Å². The van der Waals surface area contributed by atoms with Crippen LogP contribution in [-0.2, 0) is 16.6 Å². The molecule has 0 bridgehead atoms. The molecule has 1 aliphatic heterocycles. The standard InChI is InChI=1S/C14H17NO2S3/c1-2-8-20(16,17)15(10-14-5-7-19-12-14)9-13-4-3-6-18-11-13/h2-3,5-8,11-12H,4,9-10H2,1H3/b8-2+. The van der Waals surface area contributed by atoms with E-state index in [0.717, 1.165) is 17.6 Å². The lowest BCUT2D eigenvalue weighted by molar-refractivity contribution is 0.437. The Labute approximate surface area is 128 Å². The molecule has 0 fully saturated rings. The minimum atomic E-state index is -3.36. The van der Waals surface area contributed by atoms with Crippen molar-refractivity contribution in [3.05, 3.63) is 56.3 Å². The largest absolute Gasteiger partial charge is 0.236 e. The third-order valence-corrected chi connectivity index (χ3v) is 5.92. The van der Waals surface area contributed by atoms with E-state index in [1.54, 1.807) is 36.1 Å². The second kappa shape index (κ2) is 7.26. The summed E-state index contributed by atoms with van der Waals surface area (Å²) in [5.41, 5.74) is 2.16. The molecule has 0 spiro atoms. The number of sulfonamides is 1. The van der Waals surface area contributed by atoms with Crippen LogP contribution in [0.1, 0.15) is 18.9 Å². The number of rotatable bonds is 6. The highest BCUT2D eigenvalue weighted by molar-refractivity contribution is 8.05. The molecule has 2 heterocycles. The van der Waals surface area contributed by atoms with Crippen molar-refractivity contribution < 1.29 is 8.42 Å². The Morgan fingerprint density at radius 1 is 1.40 bits per heavy atom. The first-order valence-electron chi connectivity index (χ1n) is 6.24. The number of nitrogens with zero attached hydrogens (tertiary/aromatic N) is 1.